The van der Waals surface area contributed by atoms with E-state index in [0.717, 1.165) is 6.07 Å². The van der Waals surface area contributed by atoms with Gasteiger partial charge in [0, 0.05) is 5.69 Å². The highest BCUT2D eigenvalue weighted by Gasteiger charge is 2.19. The van der Waals surface area contributed by atoms with Gasteiger partial charge in [0.1, 0.15) is 6.61 Å². The Hall–Kier alpha value is -2.60. The van der Waals surface area contributed by atoms with Gasteiger partial charge < -0.3 is 5.11 Å². The summed E-state index contributed by atoms with van der Waals surface area (Å²) in [6.45, 7) is -0.362. The molecule has 0 aliphatic rings. The van der Waals surface area contributed by atoms with Gasteiger partial charge in [0.25, 0.3) is 0 Å². The Morgan fingerprint density at radius 2 is 1.71 bits per heavy atom. The van der Waals surface area contributed by atoms with Crippen molar-refractivity contribution in [2.24, 2.45) is 0 Å². The molecule has 0 unspecified atom stereocenters. The number of aromatic nitrogens is 3. The lowest BCUT2D eigenvalue weighted by molar-refractivity contribution is 0.269. The third kappa shape index (κ3) is 2.30. The molecule has 3 aromatic rings. The van der Waals surface area contributed by atoms with Crippen molar-refractivity contribution in [2.75, 3.05) is 0 Å². The Bertz CT molecular complexity index is 772. The molecule has 106 valence electrons. The van der Waals surface area contributed by atoms with Gasteiger partial charge in [-0.15, -0.1) is 10.2 Å². The van der Waals surface area contributed by atoms with E-state index in [0.29, 0.717) is 5.69 Å². The van der Waals surface area contributed by atoms with Crippen LogP contribution in [0.4, 0.5) is 8.78 Å². The number of benzene rings is 2. The molecule has 0 atom stereocenters. The van der Waals surface area contributed by atoms with E-state index in [1.807, 2.05) is 6.07 Å². The molecule has 6 heteroatoms. The van der Waals surface area contributed by atoms with Gasteiger partial charge in [-0.05, 0) is 24.3 Å². The Labute approximate surface area is 119 Å². The fourth-order valence-corrected chi connectivity index (χ4v) is 2.12. The number of aliphatic hydroxyl groups is 1. The molecule has 0 saturated carbocycles. The molecule has 1 aromatic heterocycles. The standard InChI is InChI=1S/C15H11F2N3O/c16-12-8-4-7-11(14(12)17)15-19-18-13(9-21)20(15)10-5-2-1-3-6-10/h1-8,21H,9H2. The van der Waals surface area contributed by atoms with E-state index in [1.165, 1.54) is 16.7 Å². The van der Waals surface area contributed by atoms with Crippen molar-refractivity contribution in [3.8, 4) is 17.1 Å². The zero-order valence-electron chi connectivity index (χ0n) is 10.9. The topological polar surface area (TPSA) is 50.9 Å². The number of hydrogen-bond donors (Lipinski definition) is 1. The second kappa shape index (κ2) is 5.41. The number of halogens is 2. The fraction of sp³-hybridized carbons (Fsp3) is 0.0667. The zero-order valence-corrected chi connectivity index (χ0v) is 10.9. The summed E-state index contributed by atoms with van der Waals surface area (Å²) >= 11 is 0. The van der Waals surface area contributed by atoms with Crippen molar-refractivity contribution in [1.82, 2.24) is 14.8 Å². The van der Waals surface area contributed by atoms with Crippen LogP contribution >= 0.6 is 0 Å². The van der Waals surface area contributed by atoms with E-state index in [2.05, 4.69) is 10.2 Å². The smallest absolute Gasteiger partial charge is 0.171 e. The first-order chi connectivity index (χ1) is 10.2. The maximum Gasteiger partial charge on any atom is 0.171 e. The van der Waals surface area contributed by atoms with Crippen LogP contribution in [0.3, 0.4) is 0 Å². The Kier molecular flexibility index (Phi) is 3.45. The molecule has 0 fully saturated rings. The molecule has 3 rings (SSSR count). The van der Waals surface area contributed by atoms with Crippen molar-refractivity contribution in [3.63, 3.8) is 0 Å². The van der Waals surface area contributed by atoms with Gasteiger partial charge in [-0.3, -0.25) is 4.57 Å². The summed E-state index contributed by atoms with van der Waals surface area (Å²) in [5.41, 5.74) is 0.649. The average molecular weight is 287 g/mol. The Morgan fingerprint density at radius 1 is 0.952 bits per heavy atom. The van der Waals surface area contributed by atoms with Crippen molar-refractivity contribution in [1.29, 1.82) is 0 Å². The summed E-state index contributed by atoms with van der Waals surface area (Å²) in [6.07, 6.45) is 0. The van der Waals surface area contributed by atoms with Crippen LogP contribution in [0.25, 0.3) is 17.1 Å². The van der Waals surface area contributed by atoms with Crippen LogP contribution < -0.4 is 0 Å². The molecule has 0 amide bonds. The Balaban J connectivity index is 2.25. The second-order valence-electron chi connectivity index (χ2n) is 4.37. The highest BCUT2D eigenvalue weighted by molar-refractivity contribution is 5.59. The van der Waals surface area contributed by atoms with Crippen LogP contribution in [0.5, 0.6) is 0 Å². The minimum atomic E-state index is -0.994. The van der Waals surface area contributed by atoms with Gasteiger partial charge in [-0.2, -0.15) is 0 Å². The van der Waals surface area contributed by atoms with Gasteiger partial charge in [-0.1, -0.05) is 24.3 Å². The molecule has 0 radical (unpaired) electrons. The van der Waals surface area contributed by atoms with E-state index in [9.17, 15) is 13.9 Å². The summed E-state index contributed by atoms with van der Waals surface area (Å²) in [5.74, 6) is -1.56. The number of hydrogen-bond acceptors (Lipinski definition) is 3. The molecule has 0 saturated heterocycles. The third-order valence-electron chi connectivity index (χ3n) is 3.08. The average Bonchev–Trinajstić information content (AvgIpc) is 2.94. The molecule has 0 spiro atoms. The van der Waals surface area contributed by atoms with Crippen molar-refractivity contribution >= 4 is 0 Å². The predicted molar refractivity (Wildman–Crippen MR) is 72.6 cm³/mol. The molecular weight excluding hydrogens is 276 g/mol. The molecule has 0 aliphatic heterocycles. The number of nitrogens with zero attached hydrogens (tertiary/aromatic N) is 3. The van der Waals surface area contributed by atoms with Gasteiger partial charge >= 0.3 is 0 Å². The van der Waals surface area contributed by atoms with E-state index in [1.54, 1.807) is 24.3 Å². The monoisotopic (exact) mass is 287 g/mol. The maximum absolute atomic E-state index is 14.0. The molecule has 0 bridgehead atoms. The van der Waals surface area contributed by atoms with Crippen LogP contribution in [0.2, 0.25) is 0 Å². The first-order valence-corrected chi connectivity index (χ1v) is 6.27. The molecule has 2 aromatic carbocycles. The highest BCUT2D eigenvalue weighted by Crippen LogP contribution is 2.26. The van der Waals surface area contributed by atoms with E-state index in [4.69, 9.17) is 0 Å². The molecule has 21 heavy (non-hydrogen) atoms. The summed E-state index contributed by atoms with van der Waals surface area (Å²) < 4.78 is 28.9. The lowest BCUT2D eigenvalue weighted by Gasteiger charge is -2.10. The van der Waals surface area contributed by atoms with Gasteiger partial charge in [0.15, 0.2) is 23.3 Å². The lowest BCUT2D eigenvalue weighted by atomic mass is 10.2. The van der Waals surface area contributed by atoms with Gasteiger partial charge in [-0.25, -0.2) is 8.78 Å². The van der Waals surface area contributed by atoms with Crippen LogP contribution in [0.15, 0.2) is 48.5 Å². The highest BCUT2D eigenvalue weighted by atomic mass is 19.2. The van der Waals surface area contributed by atoms with Gasteiger partial charge in [0.2, 0.25) is 0 Å². The zero-order chi connectivity index (χ0) is 14.8. The van der Waals surface area contributed by atoms with Crippen LogP contribution in [-0.4, -0.2) is 19.9 Å². The van der Waals surface area contributed by atoms with Crippen molar-refractivity contribution in [3.05, 3.63) is 66.0 Å². The van der Waals surface area contributed by atoms with E-state index in [-0.39, 0.29) is 23.8 Å². The normalized spacial score (nSPS) is 10.8. The van der Waals surface area contributed by atoms with Crippen molar-refractivity contribution < 1.29 is 13.9 Å². The van der Waals surface area contributed by atoms with Gasteiger partial charge in [0.05, 0.1) is 5.56 Å². The SMILES string of the molecule is OCc1nnc(-c2cccc(F)c2F)n1-c1ccccc1. The van der Waals surface area contributed by atoms with Crippen LogP contribution in [0, 0.1) is 11.6 Å². The number of aliphatic hydroxyl groups excluding tert-OH is 1. The minimum Gasteiger partial charge on any atom is -0.388 e. The maximum atomic E-state index is 14.0. The first-order valence-electron chi connectivity index (χ1n) is 6.27. The first kappa shape index (κ1) is 13.4. The summed E-state index contributed by atoms with van der Waals surface area (Å²) in [5, 5.41) is 17.1. The molecule has 0 aliphatic carbocycles. The molecular formula is C15H11F2N3O. The summed E-state index contributed by atoms with van der Waals surface area (Å²) in [7, 11) is 0. The van der Waals surface area contributed by atoms with Crippen LogP contribution in [0.1, 0.15) is 5.82 Å². The Morgan fingerprint density at radius 3 is 2.43 bits per heavy atom. The summed E-state index contributed by atoms with van der Waals surface area (Å²) in [6, 6.07) is 12.8. The lowest BCUT2D eigenvalue weighted by Crippen LogP contribution is -2.04. The number of rotatable bonds is 3. The van der Waals surface area contributed by atoms with Crippen molar-refractivity contribution in [2.45, 2.75) is 6.61 Å². The largest absolute Gasteiger partial charge is 0.388 e. The molecule has 1 heterocycles. The van der Waals surface area contributed by atoms with Crippen LogP contribution in [-0.2, 0) is 6.61 Å². The fourth-order valence-electron chi connectivity index (χ4n) is 2.12. The van der Waals surface area contributed by atoms with E-state index >= 15 is 0 Å². The minimum absolute atomic E-state index is 0.00828. The molecule has 1 N–H and O–H groups in total. The predicted octanol–water partition coefficient (Wildman–Crippen LogP) is 2.70. The molecule has 4 nitrogen and oxygen atoms in total. The van der Waals surface area contributed by atoms with E-state index < -0.39 is 11.6 Å². The quantitative estimate of drug-likeness (QED) is 0.805. The third-order valence-corrected chi connectivity index (χ3v) is 3.08. The summed E-state index contributed by atoms with van der Waals surface area (Å²) in [4.78, 5) is 0. The number of para-hydroxylation sites is 1. The second-order valence-corrected chi connectivity index (χ2v) is 4.37.